The standard InChI is InChI=1S/C13H15N3O3/c1-8-12-11(5-10(15-8)13(17)18)16(7-14-12)6-9-3-2-4-19-9/h2-4,7-8,10,15H,5-6H2,1H3,(H,17,18). The molecule has 100 valence electrons. The molecule has 0 spiro atoms. The zero-order valence-electron chi connectivity index (χ0n) is 10.5. The third-order valence-corrected chi connectivity index (χ3v) is 3.44. The van der Waals surface area contributed by atoms with Crippen LogP contribution in [0.2, 0.25) is 0 Å². The Morgan fingerprint density at radius 1 is 1.68 bits per heavy atom. The summed E-state index contributed by atoms with van der Waals surface area (Å²) >= 11 is 0. The number of rotatable bonds is 3. The molecule has 0 bridgehead atoms. The van der Waals surface area contributed by atoms with Gasteiger partial charge < -0.3 is 14.1 Å². The van der Waals surface area contributed by atoms with Crippen LogP contribution in [0.4, 0.5) is 0 Å². The lowest BCUT2D eigenvalue weighted by atomic mass is 10.00. The van der Waals surface area contributed by atoms with E-state index < -0.39 is 12.0 Å². The molecule has 0 amide bonds. The molecular weight excluding hydrogens is 246 g/mol. The molecule has 0 saturated heterocycles. The molecule has 3 rings (SSSR count). The van der Waals surface area contributed by atoms with Crippen molar-refractivity contribution in [3.8, 4) is 0 Å². The van der Waals surface area contributed by atoms with Crippen LogP contribution in [0.3, 0.4) is 0 Å². The predicted molar refractivity (Wildman–Crippen MR) is 66.7 cm³/mol. The summed E-state index contributed by atoms with van der Waals surface area (Å²) in [6.07, 6.45) is 3.81. The van der Waals surface area contributed by atoms with Crippen molar-refractivity contribution >= 4 is 5.97 Å². The second kappa shape index (κ2) is 4.55. The van der Waals surface area contributed by atoms with E-state index in [2.05, 4.69) is 10.3 Å². The third kappa shape index (κ3) is 2.15. The molecule has 3 heterocycles. The van der Waals surface area contributed by atoms with Gasteiger partial charge in [0.1, 0.15) is 11.8 Å². The molecule has 6 heteroatoms. The van der Waals surface area contributed by atoms with Crippen molar-refractivity contribution in [2.45, 2.75) is 32.0 Å². The maximum Gasteiger partial charge on any atom is 0.321 e. The minimum Gasteiger partial charge on any atom is -0.480 e. The maximum atomic E-state index is 11.1. The van der Waals surface area contributed by atoms with E-state index in [0.717, 1.165) is 17.1 Å². The Bertz CT molecular complexity index is 588. The van der Waals surface area contributed by atoms with Crippen LogP contribution in [0.1, 0.15) is 30.1 Å². The molecule has 2 aromatic rings. The van der Waals surface area contributed by atoms with Gasteiger partial charge in [0.05, 0.1) is 24.8 Å². The van der Waals surface area contributed by atoms with Crippen LogP contribution in [0.15, 0.2) is 29.1 Å². The topological polar surface area (TPSA) is 80.3 Å². The van der Waals surface area contributed by atoms with E-state index in [-0.39, 0.29) is 6.04 Å². The Morgan fingerprint density at radius 2 is 2.53 bits per heavy atom. The highest BCUT2D eigenvalue weighted by Crippen LogP contribution is 2.24. The average molecular weight is 261 g/mol. The first-order chi connectivity index (χ1) is 9.15. The number of aromatic nitrogens is 2. The molecule has 19 heavy (non-hydrogen) atoms. The van der Waals surface area contributed by atoms with Gasteiger partial charge in [0.25, 0.3) is 0 Å². The van der Waals surface area contributed by atoms with Crippen LogP contribution >= 0.6 is 0 Å². The zero-order chi connectivity index (χ0) is 13.4. The number of fused-ring (bicyclic) bond motifs is 1. The second-order valence-electron chi connectivity index (χ2n) is 4.77. The Kier molecular flexibility index (Phi) is 2.87. The highest BCUT2D eigenvalue weighted by Gasteiger charge is 2.31. The quantitative estimate of drug-likeness (QED) is 0.867. The number of carboxylic acids is 1. The van der Waals surface area contributed by atoms with E-state index in [1.165, 1.54) is 0 Å². The van der Waals surface area contributed by atoms with Gasteiger partial charge in [0.15, 0.2) is 0 Å². The third-order valence-electron chi connectivity index (χ3n) is 3.44. The Hall–Kier alpha value is -2.08. The van der Waals surface area contributed by atoms with Crippen LogP contribution in [-0.2, 0) is 17.8 Å². The first-order valence-electron chi connectivity index (χ1n) is 6.20. The van der Waals surface area contributed by atoms with Gasteiger partial charge in [-0.3, -0.25) is 10.1 Å². The van der Waals surface area contributed by atoms with E-state index in [4.69, 9.17) is 9.52 Å². The molecule has 0 fully saturated rings. The number of imidazole rings is 1. The first kappa shape index (κ1) is 12.0. The van der Waals surface area contributed by atoms with Crippen molar-refractivity contribution in [2.24, 2.45) is 0 Å². The van der Waals surface area contributed by atoms with Crippen molar-refractivity contribution in [1.29, 1.82) is 0 Å². The lowest BCUT2D eigenvalue weighted by molar-refractivity contribution is -0.139. The van der Waals surface area contributed by atoms with Crippen molar-refractivity contribution < 1.29 is 14.3 Å². The Balaban J connectivity index is 1.91. The molecule has 2 aromatic heterocycles. The molecular formula is C13H15N3O3. The number of furan rings is 1. The monoisotopic (exact) mass is 261 g/mol. The molecule has 1 aliphatic rings. The minimum absolute atomic E-state index is 0.0531. The molecule has 0 radical (unpaired) electrons. The first-order valence-corrected chi connectivity index (χ1v) is 6.20. The average Bonchev–Trinajstić information content (AvgIpc) is 3.00. The van der Waals surface area contributed by atoms with Crippen LogP contribution in [0.5, 0.6) is 0 Å². The molecule has 6 nitrogen and oxygen atoms in total. The summed E-state index contributed by atoms with van der Waals surface area (Å²) in [5.74, 6) is 0.00140. The summed E-state index contributed by atoms with van der Waals surface area (Å²) in [6, 6.07) is 3.12. The lowest BCUT2D eigenvalue weighted by Crippen LogP contribution is -2.44. The van der Waals surface area contributed by atoms with Gasteiger partial charge in [-0.15, -0.1) is 0 Å². The number of carboxylic acid groups (broad SMARTS) is 1. The van der Waals surface area contributed by atoms with Gasteiger partial charge in [-0.1, -0.05) is 0 Å². The number of hydrogen-bond acceptors (Lipinski definition) is 4. The molecule has 0 aromatic carbocycles. The van der Waals surface area contributed by atoms with E-state index in [1.807, 2.05) is 23.6 Å². The van der Waals surface area contributed by atoms with Crippen molar-refractivity contribution in [2.75, 3.05) is 0 Å². The van der Waals surface area contributed by atoms with E-state index in [9.17, 15) is 4.79 Å². The van der Waals surface area contributed by atoms with Crippen molar-refractivity contribution in [1.82, 2.24) is 14.9 Å². The summed E-state index contributed by atoms with van der Waals surface area (Å²) in [7, 11) is 0. The number of aliphatic carboxylic acids is 1. The summed E-state index contributed by atoms with van der Waals surface area (Å²) in [5.41, 5.74) is 1.89. The second-order valence-corrected chi connectivity index (χ2v) is 4.77. The van der Waals surface area contributed by atoms with E-state index in [0.29, 0.717) is 13.0 Å². The van der Waals surface area contributed by atoms with E-state index >= 15 is 0 Å². The lowest BCUT2D eigenvalue weighted by Gasteiger charge is -2.26. The van der Waals surface area contributed by atoms with Crippen LogP contribution in [0.25, 0.3) is 0 Å². The highest BCUT2D eigenvalue weighted by atomic mass is 16.4. The fraction of sp³-hybridized carbons (Fsp3) is 0.385. The van der Waals surface area contributed by atoms with E-state index in [1.54, 1.807) is 12.6 Å². The summed E-state index contributed by atoms with van der Waals surface area (Å²) in [6.45, 7) is 2.51. The molecule has 0 aliphatic carbocycles. The fourth-order valence-electron chi connectivity index (χ4n) is 2.51. The highest BCUT2D eigenvalue weighted by molar-refractivity contribution is 5.74. The van der Waals surface area contributed by atoms with Crippen LogP contribution in [0, 0.1) is 0 Å². The van der Waals surface area contributed by atoms with Gasteiger partial charge in [-0.2, -0.15) is 0 Å². The smallest absolute Gasteiger partial charge is 0.321 e. The molecule has 2 unspecified atom stereocenters. The summed E-state index contributed by atoms with van der Waals surface area (Å²) < 4.78 is 7.28. The minimum atomic E-state index is -0.830. The van der Waals surface area contributed by atoms with Crippen molar-refractivity contribution in [3.05, 3.63) is 41.9 Å². The SMILES string of the molecule is CC1NC(C(=O)O)Cc2c1ncn2Cc1ccco1. The number of nitrogens with zero attached hydrogens (tertiary/aromatic N) is 2. The fourth-order valence-corrected chi connectivity index (χ4v) is 2.51. The normalized spacial score (nSPS) is 22.2. The molecule has 2 atom stereocenters. The predicted octanol–water partition coefficient (Wildman–Crippen LogP) is 1.18. The van der Waals surface area contributed by atoms with Gasteiger partial charge in [0, 0.05) is 18.2 Å². The van der Waals surface area contributed by atoms with Crippen molar-refractivity contribution in [3.63, 3.8) is 0 Å². The van der Waals surface area contributed by atoms with Gasteiger partial charge in [0.2, 0.25) is 0 Å². The van der Waals surface area contributed by atoms with Crippen LogP contribution in [-0.4, -0.2) is 26.7 Å². The number of carbonyl (C=O) groups is 1. The van der Waals surface area contributed by atoms with Crippen LogP contribution < -0.4 is 5.32 Å². The number of hydrogen-bond donors (Lipinski definition) is 2. The molecule has 2 N–H and O–H groups in total. The maximum absolute atomic E-state index is 11.1. The molecule has 0 saturated carbocycles. The van der Waals surface area contributed by atoms with Gasteiger partial charge in [-0.25, -0.2) is 4.98 Å². The summed E-state index contributed by atoms with van der Waals surface area (Å²) in [4.78, 5) is 15.5. The van der Waals surface area contributed by atoms with Gasteiger partial charge in [-0.05, 0) is 19.1 Å². The zero-order valence-corrected chi connectivity index (χ0v) is 10.5. The number of nitrogens with one attached hydrogen (secondary N) is 1. The Labute approximate surface area is 110 Å². The summed E-state index contributed by atoms with van der Waals surface area (Å²) in [5, 5.41) is 12.2. The largest absolute Gasteiger partial charge is 0.480 e. The van der Waals surface area contributed by atoms with Gasteiger partial charge >= 0.3 is 5.97 Å². The molecule has 1 aliphatic heterocycles. The Morgan fingerprint density at radius 3 is 3.21 bits per heavy atom.